The smallest absolute Gasteiger partial charge is 0.103 e. The molecule has 0 aliphatic heterocycles. The number of rotatable bonds is 19. The molecule has 0 aliphatic rings. The number of hydrogen-bond donors (Lipinski definition) is 0. The molecule has 0 N–H and O–H groups in total. The molecule has 134 valence electrons. The Hall–Kier alpha value is 0.340. The fourth-order valence-electron chi connectivity index (χ4n) is 2.11. The third-order valence-corrected chi connectivity index (χ3v) is 3.59. The first-order valence-corrected chi connectivity index (χ1v) is 8.89. The third-order valence-electron chi connectivity index (χ3n) is 3.27. The van der Waals surface area contributed by atoms with Crippen LogP contribution in [-0.2, 0) is 29.5 Å². The molecule has 0 saturated heterocycles. The molecule has 0 unspecified atom stereocenters. The van der Waals surface area contributed by atoms with E-state index >= 15 is 0 Å². The molecule has 8 heteroatoms. The van der Waals surface area contributed by atoms with E-state index in [9.17, 15) is 0 Å². The summed E-state index contributed by atoms with van der Waals surface area (Å²) in [5.74, 6) is 0.801. The Morgan fingerprint density at radius 3 is 1.45 bits per heavy atom. The lowest BCUT2D eigenvalue weighted by Crippen LogP contribution is -1.99. The largest absolute Gasteiger partial charge is 0.204 e. The molecule has 22 heavy (non-hydrogen) atoms. The second-order valence-electron chi connectivity index (χ2n) is 5.09. The summed E-state index contributed by atoms with van der Waals surface area (Å²) in [5.41, 5.74) is 0. The van der Waals surface area contributed by atoms with Crippen molar-refractivity contribution in [3.8, 4) is 0 Å². The van der Waals surface area contributed by atoms with E-state index in [2.05, 4.69) is 41.3 Å². The Labute approximate surface area is 143 Å². The van der Waals surface area contributed by atoms with Gasteiger partial charge in [-0.3, -0.25) is 0 Å². The first-order chi connectivity index (χ1) is 10.9. The van der Waals surface area contributed by atoms with Gasteiger partial charge in [0.1, 0.15) is 11.9 Å². The van der Waals surface area contributed by atoms with E-state index in [1.807, 2.05) is 0 Å². The van der Waals surface area contributed by atoms with Crippen molar-refractivity contribution in [2.24, 2.45) is 0 Å². The fourth-order valence-corrected chi connectivity index (χ4v) is 2.32. The van der Waals surface area contributed by atoms with E-state index in [0.29, 0.717) is 6.61 Å². The van der Waals surface area contributed by atoms with Crippen LogP contribution in [0.5, 0.6) is 0 Å². The van der Waals surface area contributed by atoms with E-state index in [-0.39, 0.29) is 0 Å². The highest BCUT2D eigenvalue weighted by Gasteiger charge is 1.95. The number of unbranched alkanes of at least 4 members (excludes halogenated alkanes) is 11. The van der Waals surface area contributed by atoms with Gasteiger partial charge in [0.25, 0.3) is 0 Å². The van der Waals surface area contributed by atoms with Crippen molar-refractivity contribution < 1.29 is 29.5 Å². The third kappa shape index (κ3) is 20.3. The van der Waals surface area contributed by atoms with Crippen LogP contribution in [0.1, 0.15) is 77.0 Å². The second kappa shape index (κ2) is 21.3. The van der Waals surface area contributed by atoms with Gasteiger partial charge in [-0.25, -0.2) is 4.89 Å². The van der Waals surface area contributed by atoms with Crippen LogP contribution >= 0.6 is 23.5 Å². The zero-order valence-electron chi connectivity index (χ0n) is 13.1. The Morgan fingerprint density at radius 1 is 0.500 bits per heavy atom. The van der Waals surface area contributed by atoms with Gasteiger partial charge >= 0.3 is 0 Å². The average molecular weight is 363 g/mol. The van der Waals surface area contributed by atoms with Gasteiger partial charge in [-0.15, -0.1) is 11.6 Å². The summed E-state index contributed by atoms with van der Waals surface area (Å²) >= 11 is 10.3. The molecule has 0 saturated carbocycles. The molecule has 6 nitrogen and oxygen atoms in total. The van der Waals surface area contributed by atoms with Crippen LogP contribution in [0.15, 0.2) is 0 Å². The maximum Gasteiger partial charge on any atom is 0.103 e. The summed E-state index contributed by atoms with van der Waals surface area (Å²) in [6, 6.07) is 0. The van der Waals surface area contributed by atoms with Gasteiger partial charge in [0.2, 0.25) is 0 Å². The normalized spacial score (nSPS) is 11.2. The SMILES string of the molecule is ClCCCCCCCCCCCCCCOOOOOOCl. The number of halogens is 2. The molecule has 0 heterocycles. The van der Waals surface area contributed by atoms with Crippen molar-refractivity contribution in [1.82, 2.24) is 0 Å². The predicted molar refractivity (Wildman–Crippen MR) is 83.4 cm³/mol. The summed E-state index contributed by atoms with van der Waals surface area (Å²) in [7, 11) is 0. The molecule has 0 amide bonds. The summed E-state index contributed by atoms with van der Waals surface area (Å²) in [6.07, 6.45) is 14.9. The minimum atomic E-state index is 0.424. The number of hydrogen-bond acceptors (Lipinski definition) is 6. The van der Waals surface area contributed by atoms with Crippen LogP contribution in [0.3, 0.4) is 0 Å². The zero-order valence-corrected chi connectivity index (χ0v) is 14.6. The summed E-state index contributed by atoms with van der Waals surface area (Å²) in [5, 5.41) is 15.6. The van der Waals surface area contributed by atoms with Crippen LogP contribution < -0.4 is 0 Å². The van der Waals surface area contributed by atoms with Crippen molar-refractivity contribution in [1.29, 1.82) is 0 Å². The van der Waals surface area contributed by atoms with Gasteiger partial charge in [0.05, 0.1) is 6.61 Å². The molecule has 0 radical (unpaired) electrons. The first kappa shape index (κ1) is 22.3. The summed E-state index contributed by atoms with van der Waals surface area (Å²) in [4.78, 5) is 4.65. The lowest BCUT2D eigenvalue weighted by atomic mass is 10.1. The quantitative estimate of drug-likeness (QED) is 0.126. The van der Waals surface area contributed by atoms with E-state index in [4.69, 9.17) is 11.6 Å². The zero-order chi connectivity index (χ0) is 16.1. The maximum atomic E-state index is 5.64. The highest BCUT2D eigenvalue weighted by atomic mass is 35.5. The molecule has 0 aromatic rings. The predicted octanol–water partition coefficient (Wildman–Crippen LogP) is 5.73. The van der Waals surface area contributed by atoms with Crippen LogP contribution in [0.25, 0.3) is 0 Å². The van der Waals surface area contributed by atoms with Crippen molar-refractivity contribution in [2.75, 3.05) is 12.5 Å². The highest BCUT2D eigenvalue weighted by Crippen LogP contribution is 2.12. The topological polar surface area (TPSA) is 55.4 Å². The lowest BCUT2D eigenvalue weighted by molar-refractivity contribution is -0.746. The molecular formula is C14H28Cl2O6. The van der Waals surface area contributed by atoms with E-state index in [1.165, 1.54) is 57.8 Å². The Bertz CT molecular complexity index is 180. The van der Waals surface area contributed by atoms with E-state index in [0.717, 1.165) is 25.1 Å². The minimum Gasteiger partial charge on any atom is -0.204 e. The van der Waals surface area contributed by atoms with Gasteiger partial charge in [-0.1, -0.05) is 68.6 Å². The van der Waals surface area contributed by atoms with Crippen molar-refractivity contribution >= 4 is 23.5 Å². The maximum absolute atomic E-state index is 5.64. The Balaban J connectivity index is 2.91. The Kier molecular flexibility index (Phi) is 21.7. The van der Waals surface area contributed by atoms with Gasteiger partial charge in [0, 0.05) is 5.88 Å². The highest BCUT2D eigenvalue weighted by molar-refractivity contribution is 6.17. The van der Waals surface area contributed by atoms with E-state index < -0.39 is 0 Å². The Morgan fingerprint density at radius 2 is 0.955 bits per heavy atom. The van der Waals surface area contributed by atoms with Crippen LogP contribution in [-0.4, -0.2) is 12.5 Å². The molecular weight excluding hydrogens is 335 g/mol. The van der Waals surface area contributed by atoms with Crippen LogP contribution in [0, 0.1) is 0 Å². The fraction of sp³-hybridized carbons (Fsp3) is 1.00. The summed E-state index contributed by atoms with van der Waals surface area (Å²) in [6.45, 7) is 0.424. The van der Waals surface area contributed by atoms with Crippen molar-refractivity contribution in [2.45, 2.75) is 77.0 Å². The van der Waals surface area contributed by atoms with Crippen LogP contribution in [0.2, 0.25) is 0 Å². The van der Waals surface area contributed by atoms with Crippen molar-refractivity contribution in [3.05, 3.63) is 0 Å². The molecule has 0 atom stereocenters. The molecule has 0 aromatic carbocycles. The molecule has 0 aliphatic carbocycles. The number of alkyl halides is 1. The second-order valence-corrected chi connectivity index (χ2v) is 5.59. The standard InChI is InChI=1S/C14H28Cl2O6/c15-13-11-9-7-5-3-1-2-4-6-8-10-12-14-17-19-21-22-20-18-16/h1-14H2. The molecule has 0 rings (SSSR count). The van der Waals surface area contributed by atoms with Crippen LogP contribution in [0.4, 0.5) is 0 Å². The lowest BCUT2D eigenvalue weighted by Gasteiger charge is -2.03. The van der Waals surface area contributed by atoms with Gasteiger partial charge in [0.15, 0.2) is 0 Å². The van der Waals surface area contributed by atoms with E-state index in [1.54, 1.807) is 0 Å². The monoisotopic (exact) mass is 362 g/mol. The first-order valence-electron chi connectivity index (χ1n) is 8.04. The van der Waals surface area contributed by atoms with Gasteiger partial charge in [-0.2, -0.15) is 0 Å². The van der Waals surface area contributed by atoms with Crippen molar-refractivity contribution in [3.63, 3.8) is 0 Å². The summed E-state index contributed by atoms with van der Waals surface area (Å²) < 4.78 is 3.56. The minimum absolute atomic E-state index is 0.424. The van der Waals surface area contributed by atoms with Gasteiger partial charge in [-0.05, 0) is 33.0 Å². The molecule has 0 bridgehead atoms. The average Bonchev–Trinajstić information content (AvgIpc) is 2.54. The van der Waals surface area contributed by atoms with Gasteiger partial charge < -0.3 is 0 Å². The molecule has 0 spiro atoms. The molecule has 0 fully saturated rings. The molecule has 0 aromatic heterocycles.